The van der Waals surface area contributed by atoms with E-state index in [0.29, 0.717) is 6.04 Å². The van der Waals surface area contributed by atoms with Crippen LogP contribution in [0.5, 0.6) is 0 Å². The fourth-order valence-electron chi connectivity index (χ4n) is 2.11. The molecule has 0 spiro atoms. The molecule has 0 amide bonds. The van der Waals surface area contributed by atoms with Crippen LogP contribution in [-0.4, -0.2) is 16.0 Å². The number of nitrogens with one attached hydrogen (secondary N) is 2. The van der Waals surface area contributed by atoms with Crippen LogP contribution in [0.4, 0.5) is 0 Å². The van der Waals surface area contributed by atoms with Gasteiger partial charge in [0.1, 0.15) is 5.03 Å². The predicted molar refractivity (Wildman–Crippen MR) is 88.6 cm³/mol. The Kier molecular flexibility index (Phi) is 4.27. The van der Waals surface area contributed by atoms with E-state index in [0.717, 1.165) is 22.1 Å². The molecule has 2 heterocycles. The third-order valence-corrected chi connectivity index (χ3v) is 4.12. The Bertz CT molecular complexity index is 683. The number of hydrogen-bond donors (Lipinski definition) is 2. The van der Waals surface area contributed by atoms with Gasteiger partial charge in [0.05, 0.1) is 5.03 Å². The fourth-order valence-corrected chi connectivity index (χ4v) is 2.93. The van der Waals surface area contributed by atoms with Crippen LogP contribution in [0.2, 0.25) is 0 Å². The van der Waals surface area contributed by atoms with Crippen LogP contribution in [-0.2, 0) is 6.54 Å². The molecule has 0 fully saturated rings. The van der Waals surface area contributed by atoms with E-state index in [1.54, 1.807) is 11.8 Å². The molecule has 108 valence electrons. The monoisotopic (exact) mass is 297 g/mol. The highest BCUT2D eigenvalue weighted by Gasteiger charge is 2.04. The van der Waals surface area contributed by atoms with Gasteiger partial charge in [-0.05, 0) is 23.8 Å². The quantitative estimate of drug-likeness (QED) is 0.741. The van der Waals surface area contributed by atoms with E-state index in [9.17, 15) is 0 Å². The summed E-state index contributed by atoms with van der Waals surface area (Å²) in [7, 11) is 0. The first-order chi connectivity index (χ1) is 10.2. The van der Waals surface area contributed by atoms with Crippen molar-refractivity contribution in [1.82, 2.24) is 15.3 Å². The molecule has 0 unspecified atom stereocenters. The third kappa shape index (κ3) is 3.65. The zero-order valence-electron chi connectivity index (χ0n) is 12.3. The average Bonchev–Trinajstić information content (AvgIpc) is 2.88. The predicted octanol–water partition coefficient (Wildman–Crippen LogP) is 4.21. The van der Waals surface area contributed by atoms with E-state index in [1.165, 1.54) is 10.9 Å². The van der Waals surface area contributed by atoms with E-state index in [4.69, 9.17) is 0 Å². The van der Waals surface area contributed by atoms with Gasteiger partial charge < -0.3 is 10.3 Å². The molecule has 1 aromatic carbocycles. The van der Waals surface area contributed by atoms with E-state index in [2.05, 4.69) is 65.5 Å². The van der Waals surface area contributed by atoms with Crippen molar-refractivity contribution in [3.05, 3.63) is 54.2 Å². The van der Waals surface area contributed by atoms with Gasteiger partial charge in [0.15, 0.2) is 0 Å². The van der Waals surface area contributed by atoms with Gasteiger partial charge in [-0.2, -0.15) is 0 Å². The Morgan fingerprint density at radius 2 is 2.05 bits per heavy atom. The SMILES string of the molecule is CC(C)NCc1ccc(Sc2cc3ccccc3[nH]2)nc1. The van der Waals surface area contributed by atoms with Crippen LogP contribution < -0.4 is 5.32 Å². The number of fused-ring (bicyclic) bond motifs is 1. The van der Waals surface area contributed by atoms with Gasteiger partial charge in [-0.3, -0.25) is 0 Å². The maximum Gasteiger partial charge on any atom is 0.102 e. The first kappa shape index (κ1) is 14.2. The first-order valence-corrected chi connectivity index (χ1v) is 7.96. The molecule has 0 saturated heterocycles. The molecule has 21 heavy (non-hydrogen) atoms. The molecule has 2 N–H and O–H groups in total. The minimum atomic E-state index is 0.491. The van der Waals surface area contributed by atoms with Gasteiger partial charge in [0.25, 0.3) is 0 Å². The van der Waals surface area contributed by atoms with Crippen LogP contribution in [0.3, 0.4) is 0 Å². The molecule has 0 saturated carbocycles. The number of aromatic amines is 1. The summed E-state index contributed by atoms with van der Waals surface area (Å²) in [6, 6.07) is 15.2. The molecule has 3 nitrogen and oxygen atoms in total. The molecule has 0 aliphatic carbocycles. The molecule has 0 atom stereocenters. The van der Waals surface area contributed by atoms with Gasteiger partial charge in [-0.15, -0.1) is 0 Å². The van der Waals surface area contributed by atoms with Crippen molar-refractivity contribution in [3.8, 4) is 0 Å². The number of hydrogen-bond acceptors (Lipinski definition) is 3. The van der Waals surface area contributed by atoms with Crippen LogP contribution >= 0.6 is 11.8 Å². The third-order valence-electron chi connectivity index (χ3n) is 3.23. The minimum absolute atomic E-state index is 0.491. The van der Waals surface area contributed by atoms with Gasteiger partial charge in [-0.25, -0.2) is 4.98 Å². The lowest BCUT2D eigenvalue weighted by Crippen LogP contribution is -2.21. The van der Waals surface area contributed by atoms with Crippen molar-refractivity contribution in [2.45, 2.75) is 36.5 Å². The van der Waals surface area contributed by atoms with Crippen LogP contribution in [0.1, 0.15) is 19.4 Å². The second-order valence-corrected chi connectivity index (χ2v) is 6.43. The van der Waals surface area contributed by atoms with Crippen molar-refractivity contribution in [3.63, 3.8) is 0 Å². The van der Waals surface area contributed by atoms with Crippen molar-refractivity contribution in [1.29, 1.82) is 0 Å². The topological polar surface area (TPSA) is 40.7 Å². The number of para-hydroxylation sites is 1. The first-order valence-electron chi connectivity index (χ1n) is 7.14. The number of benzene rings is 1. The lowest BCUT2D eigenvalue weighted by Gasteiger charge is -2.07. The molecule has 0 bridgehead atoms. The molecule has 4 heteroatoms. The van der Waals surface area contributed by atoms with E-state index in [1.807, 2.05) is 12.3 Å². The fraction of sp³-hybridized carbons (Fsp3) is 0.235. The zero-order valence-corrected chi connectivity index (χ0v) is 13.1. The van der Waals surface area contributed by atoms with E-state index >= 15 is 0 Å². The van der Waals surface area contributed by atoms with Crippen molar-refractivity contribution in [2.24, 2.45) is 0 Å². The summed E-state index contributed by atoms with van der Waals surface area (Å²) in [5, 5.41) is 6.76. The van der Waals surface area contributed by atoms with Crippen LogP contribution in [0.25, 0.3) is 10.9 Å². The van der Waals surface area contributed by atoms with Gasteiger partial charge in [0, 0.05) is 29.7 Å². The smallest absolute Gasteiger partial charge is 0.102 e. The number of rotatable bonds is 5. The largest absolute Gasteiger partial charge is 0.349 e. The Morgan fingerprint density at radius 3 is 2.76 bits per heavy atom. The molecule has 0 radical (unpaired) electrons. The summed E-state index contributed by atoms with van der Waals surface area (Å²) < 4.78 is 0. The van der Waals surface area contributed by atoms with Crippen LogP contribution in [0.15, 0.2) is 58.7 Å². The van der Waals surface area contributed by atoms with Crippen LogP contribution in [0, 0.1) is 0 Å². The average molecular weight is 297 g/mol. The minimum Gasteiger partial charge on any atom is -0.349 e. The Hall–Kier alpha value is -1.78. The van der Waals surface area contributed by atoms with Gasteiger partial charge in [-0.1, -0.05) is 49.9 Å². The lowest BCUT2D eigenvalue weighted by atomic mass is 10.2. The number of H-pyrrole nitrogens is 1. The van der Waals surface area contributed by atoms with Crippen molar-refractivity contribution in [2.75, 3.05) is 0 Å². The summed E-state index contributed by atoms with van der Waals surface area (Å²) in [5.41, 5.74) is 2.38. The molecule has 0 aliphatic rings. The summed E-state index contributed by atoms with van der Waals surface area (Å²) in [4.78, 5) is 7.93. The van der Waals surface area contributed by atoms with Crippen molar-refractivity contribution < 1.29 is 0 Å². The highest BCUT2D eigenvalue weighted by atomic mass is 32.2. The molecule has 0 aliphatic heterocycles. The van der Waals surface area contributed by atoms with E-state index in [-0.39, 0.29) is 0 Å². The van der Waals surface area contributed by atoms with Crippen molar-refractivity contribution >= 4 is 22.7 Å². The summed E-state index contributed by atoms with van der Waals surface area (Å²) in [6.45, 7) is 5.16. The number of aromatic nitrogens is 2. The Labute approximate surface area is 129 Å². The maximum absolute atomic E-state index is 4.53. The Balaban J connectivity index is 1.69. The molecule has 3 rings (SSSR count). The van der Waals surface area contributed by atoms with E-state index < -0.39 is 0 Å². The maximum atomic E-state index is 4.53. The second-order valence-electron chi connectivity index (χ2n) is 5.36. The highest BCUT2D eigenvalue weighted by molar-refractivity contribution is 7.99. The lowest BCUT2D eigenvalue weighted by molar-refractivity contribution is 0.587. The van der Waals surface area contributed by atoms with Gasteiger partial charge in [0.2, 0.25) is 0 Å². The molecule has 2 aromatic heterocycles. The normalized spacial score (nSPS) is 11.4. The number of pyridine rings is 1. The Morgan fingerprint density at radius 1 is 1.19 bits per heavy atom. The van der Waals surface area contributed by atoms with Gasteiger partial charge >= 0.3 is 0 Å². The molecular formula is C17H19N3S. The molecule has 3 aromatic rings. The zero-order chi connectivity index (χ0) is 14.7. The summed E-state index contributed by atoms with van der Waals surface area (Å²) in [5.74, 6) is 0. The standard InChI is InChI=1S/C17H19N3S/c1-12(2)18-10-13-7-8-16(19-11-13)21-17-9-14-5-3-4-6-15(14)20-17/h3-9,11-12,18,20H,10H2,1-2H3. The molecular weight excluding hydrogens is 278 g/mol. The highest BCUT2D eigenvalue weighted by Crippen LogP contribution is 2.28. The second kappa shape index (κ2) is 6.33. The summed E-state index contributed by atoms with van der Waals surface area (Å²) in [6.07, 6.45) is 1.94. The number of nitrogens with zero attached hydrogens (tertiary/aromatic N) is 1. The summed E-state index contributed by atoms with van der Waals surface area (Å²) >= 11 is 1.66.